The number of anilines is 1. The molecule has 0 bridgehead atoms. The highest BCUT2D eigenvalue weighted by Gasteiger charge is 2.26. The van der Waals surface area contributed by atoms with Gasteiger partial charge in [-0.1, -0.05) is 23.7 Å². The Morgan fingerprint density at radius 1 is 1.03 bits per heavy atom. The van der Waals surface area contributed by atoms with Gasteiger partial charge in [-0.2, -0.15) is 4.31 Å². The highest BCUT2D eigenvalue weighted by atomic mass is 35.5. The van der Waals surface area contributed by atoms with Gasteiger partial charge in [0.1, 0.15) is 5.75 Å². The first-order chi connectivity index (χ1) is 14.4. The summed E-state index contributed by atoms with van der Waals surface area (Å²) >= 11 is 5.92. The number of sulfonamides is 1. The molecule has 1 fully saturated rings. The van der Waals surface area contributed by atoms with Gasteiger partial charge in [-0.05, 0) is 42.0 Å². The lowest BCUT2D eigenvalue weighted by atomic mass is 10.1. The average molecular weight is 452 g/mol. The number of benzene rings is 2. The molecule has 0 aliphatic carbocycles. The van der Waals surface area contributed by atoms with E-state index in [0.717, 1.165) is 17.0 Å². The van der Waals surface area contributed by atoms with E-state index in [1.807, 2.05) is 36.4 Å². The molecule has 2 aromatic carbocycles. The van der Waals surface area contributed by atoms with Crippen LogP contribution in [0.3, 0.4) is 0 Å². The van der Waals surface area contributed by atoms with Gasteiger partial charge in [0, 0.05) is 43.4 Å². The van der Waals surface area contributed by atoms with Crippen molar-refractivity contribution in [2.75, 3.05) is 50.5 Å². The first kappa shape index (κ1) is 22.4. The first-order valence-electron chi connectivity index (χ1n) is 9.75. The number of nitrogens with zero attached hydrogens (tertiary/aromatic N) is 2. The molecule has 1 amide bonds. The molecule has 1 aliphatic heterocycles. The fourth-order valence-electron chi connectivity index (χ4n) is 3.32. The van der Waals surface area contributed by atoms with Crippen molar-refractivity contribution in [3.8, 4) is 5.75 Å². The highest BCUT2D eigenvalue weighted by Crippen LogP contribution is 2.20. The Kier molecular flexibility index (Phi) is 7.58. The third-order valence-corrected chi connectivity index (χ3v) is 7.15. The number of carbonyl (C=O) groups is 1. The lowest BCUT2D eigenvalue weighted by Crippen LogP contribution is -2.50. The van der Waals surface area contributed by atoms with Crippen LogP contribution in [0, 0.1) is 0 Å². The van der Waals surface area contributed by atoms with Gasteiger partial charge in [-0.15, -0.1) is 0 Å². The Morgan fingerprint density at radius 3 is 2.27 bits per heavy atom. The van der Waals surface area contributed by atoms with E-state index in [1.165, 1.54) is 4.31 Å². The van der Waals surface area contributed by atoms with E-state index >= 15 is 0 Å². The SMILES string of the molecule is COc1ccc(CC(=O)NCCS(=O)(=O)N2CCN(c3ccc(Cl)cc3)CC2)cc1. The third-order valence-electron chi connectivity index (χ3n) is 5.03. The molecule has 1 N–H and O–H groups in total. The fraction of sp³-hybridized carbons (Fsp3) is 0.381. The van der Waals surface area contributed by atoms with E-state index in [-0.39, 0.29) is 24.6 Å². The van der Waals surface area contributed by atoms with Crippen molar-refractivity contribution in [2.45, 2.75) is 6.42 Å². The molecule has 0 aromatic heterocycles. The maximum Gasteiger partial charge on any atom is 0.224 e. The minimum Gasteiger partial charge on any atom is -0.497 e. The molecule has 1 heterocycles. The van der Waals surface area contributed by atoms with Crippen LogP contribution in [-0.2, 0) is 21.2 Å². The predicted molar refractivity (Wildman–Crippen MR) is 119 cm³/mol. The lowest BCUT2D eigenvalue weighted by molar-refractivity contribution is -0.120. The van der Waals surface area contributed by atoms with Gasteiger partial charge in [-0.25, -0.2) is 8.42 Å². The van der Waals surface area contributed by atoms with E-state index in [9.17, 15) is 13.2 Å². The quantitative estimate of drug-likeness (QED) is 0.665. The Bertz CT molecular complexity index is 941. The van der Waals surface area contributed by atoms with Gasteiger partial charge in [0.25, 0.3) is 0 Å². The normalized spacial score (nSPS) is 15.1. The molecular formula is C21H26ClN3O4S. The van der Waals surface area contributed by atoms with Crippen LogP contribution in [0.5, 0.6) is 5.75 Å². The topological polar surface area (TPSA) is 78.9 Å². The number of carbonyl (C=O) groups excluding carboxylic acids is 1. The van der Waals surface area contributed by atoms with Crippen molar-refractivity contribution >= 4 is 33.2 Å². The van der Waals surface area contributed by atoms with Gasteiger partial charge >= 0.3 is 0 Å². The Morgan fingerprint density at radius 2 is 1.67 bits per heavy atom. The van der Waals surface area contributed by atoms with Gasteiger partial charge < -0.3 is 15.0 Å². The fourth-order valence-corrected chi connectivity index (χ4v) is 4.78. The van der Waals surface area contributed by atoms with Crippen LogP contribution in [0.2, 0.25) is 5.02 Å². The summed E-state index contributed by atoms with van der Waals surface area (Å²) in [6, 6.07) is 14.7. The van der Waals surface area contributed by atoms with Crippen LogP contribution in [0.4, 0.5) is 5.69 Å². The standard InChI is InChI=1S/C21H26ClN3O4S/c1-29-20-8-2-17(3-9-20)16-21(26)23-10-15-30(27,28)25-13-11-24(12-14-25)19-6-4-18(22)5-7-19/h2-9H,10-16H2,1H3,(H,23,26). The molecule has 7 nitrogen and oxygen atoms in total. The van der Waals surface area contributed by atoms with E-state index in [4.69, 9.17) is 16.3 Å². The monoisotopic (exact) mass is 451 g/mol. The van der Waals surface area contributed by atoms with Gasteiger partial charge in [0.15, 0.2) is 0 Å². The molecule has 1 saturated heterocycles. The molecule has 1 aliphatic rings. The lowest BCUT2D eigenvalue weighted by Gasteiger charge is -2.35. The van der Waals surface area contributed by atoms with Gasteiger partial charge in [0.05, 0.1) is 19.3 Å². The van der Waals surface area contributed by atoms with E-state index < -0.39 is 10.0 Å². The summed E-state index contributed by atoms with van der Waals surface area (Å²) in [6.45, 7) is 2.17. The summed E-state index contributed by atoms with van der Waals surface area (Å²) in [5, 5.41) is 3.37. The van der Waals surface area contributed by atoms with E-state index in [2.05, 4.69) is 10.2 Å². The maximum absolute atomic E-state index is 12.6. The molecule has 30 heavy (non-hydrogen) atoms. The van der Waals surface area contributed by atoms with Gasteiger partial charge in [0.2, 0.25) is 15.9 Å². The number of halogens is 1. The zero-order valence-corrected chi connectivity index (χ0v) is 18.5. The van der Waals surface area contributed by atoms with Crippen molar-refractivity contribution in [2.24, 2.45) is 0 Å². The molecule has 9 heteroatoms. The van der Waals surface area contributed by atoms with Gasteiger partial charge in [-0.3, -0.25) is 4.79 Å². The first-order valence-corrected chi connectivity index (χ1v) is 11.7. The number of hydrogen-bond acceptors (Lipinski definition) is 5. The van der Waals surface area contributed by atoms with Crippen LogP contribution < -0.4 is 15.0 Å². The minimum atomic E-state index is -3.42. The van der Waals surface area contributed by atoms with Crippen LogP contribution in [-0.4, -0.2) is 64.2 Å². The summed E-state index contributed by atoms with van der Waals surface area (Å²) in [5.74, 6) is 0.409. The zero-order valence-electron chi connectivity index (χ0n) is 16.9. The molecule has 0 radical (unpaired) electrons. The molecule has 0 unspecified atom stereocenters. The Balaban J connectivity index is 1.42. The van der Waals surface area contributed by atoms with Crippen LogP contribution >= 0.6 is 11.6 Å². The van der Waals surface area contributed by atoms with Crippen molar-refractivity contribution in [3.05, 3.63) is 59.1 Å². The Labute approximate surface area is 182 Å². The molecule has 3 rings (SSSR count). The van der Waals surface area contributed by atoms with Crippen molar-refractivity contribution in [1.82, 2.24) is 9.62 Å². The second-order valence-corrected chi connectivity index (χ2v) is 9.58. The van der Waals surface area contributed by atoms with Crippen molar-refractivity contribution in [3.63, 3.8) is 0 Å². The number of rotatable bonds is 8. The predicted octanol–water partition coefficient (Wildman–Crippen LogP) is 2.16. The second kappa shape index (κ2) is 10.1. The molecule has 0 atom stereocenters. The molecule has 2 aromatic rings. The number of hydrogen-bond donors (Lipinski definition) is 1. The summed E-state index contributed by atoms with van der Waals surface area (Å²) in [7, 11) is -1.84. The molecule has 0 spiro atoms. The largest absolute Gasteiger partial charge is 0.497 e. The van der Waals surface area contributed by atoms with E-state index in [0.29, 0.717) is 31.2 Å². The summed E-state index contributed by atoms with van der Waals surface area (Å²) in [6.07, 6.45) is 0.198. The van der Waals surface area contributed by atoms with Crippen molar-refractivity contribution in [1.29, 1.82) is 0 Å². The number of methoxy groups -OCH3 is 1. The van der Waals surface area contributed by atoms with Crippen LogP contribution in [0.15, 0.2) is 48.5 Å². The summed E-state index contributed by atoms with van der Waals surface area (Å²) in [4.78, 5) is 14.2. The second-order valence-electron chi connectivity index (χ2n) is 7.05. The minimum absolute atomic E-state index is 0.0920. The average Bonchev–Trinajstić information content (AvgIpc) is 2.75. The molecular weight excluding hydrogens is 426 g/mol. The number of piperazine rings is 1. The third kappa shape index (κ3) is 6.10. The molecule has 162 valence electrons. The van der Waals surface area contributed by atoms with Crippen LogP contribution in [0.1, 0.15) is 5.56 Å². The highest BCUT2D eigenvalue weighted by molar-refractivity contribution is 7.89. The zero-order chi connectivity index (χ0) is 21.6. The van der Waals surface area contributed by atoms with Crippen LogP contribution in [0.25, 0.3) is 0 Å². The number of nitrogens with one attached hydrogen (secondary N) is 1. The number of amides is 1. The Hall–Kier alpha value is -2.29. The maximum atomic E-state index is 12.6. The number of ether oxygens (including phenoxy) is 1. The smallest absolute Gasteiger partial charge is 0.224 e. The summed E-state index contributed by atoms with van der Waals surface area (Å²) in [5.41, 5.74) is 1.87. The van der Waals surface area contributed by atoms with E-state index in [1.54, 1.807) is 19.2 Å². The van der Waals surface area contributed by atoms with Crippen molar-refractivity contribution < 1.29 is 17.9 Å². The molecule has 0 saturated carbocycles. The summed E-state index contributed by atoms with van der Waals surface area (Å²) < 4.78 is 31.8.